The van der Waals surface area contributed by atoms with Gasteiger partial charge in [-0.2, -0.15) is 0 Å². The summed E-state index contributed by atoms with van der Waals surface area (Å²) in [6.07, 6.45) is 0.668. The molecule has 0 saturated heterocycles. The highest BCUT2D eigenvalue weighted by Gasteiger charge is 2.19. The number of hydrogen-bond donors (Lipinski definition) is 3. The van der Waals surface area contributed by atoms with Gasteiger partial charge in [0, 0.05) is 13.1 Å². The number of nitrogens with two attached hydrogens (primary N) is 1. The summed E-state index contributed by atoms with van der Waals surface area (Å²) >= 11 is 0. The Morgan fingerprint density at radius 3 is 2.30 bits per heavy atom. The average molecular weight is 278 g/mol. The maximum absolute atomic E-state index is 11.9. The maximum atomic E-state index is 11.9. The third-order valence-electron chi connectivity index (χ3n) is 3.31. The normalized spacial score (nSPS) is 12.2. The molecule has 0 aliphatic carbocycles. The number of benzene rings is 1. The molecule has 0 aromatic heterocycles. The molecule has 1 rings (SSSR count). The minimum absolute atomic E-state index is 0.0235. The first-order chi connectivity index (χ1) is 9.45. The molecule has 110 valence electrons. The molecule has 5 heteroatoms. The molecule has 0 spiro atoms. The van der Waals surface area contributed by atoms with Crippen LogP contribution in [0.3, 0.4) is 0 Å². The fourth-order valence-corrected chi connectivity index (χ4v) is 1.96. The van der Waals surface area contributed by atoms with Crippen molar-refractivity contribution in [3.63, 3.8) is 0 Å². The Bertz CT molecular complexity index is 455. The molecule has 0 radical (unpaired) electrons. The van der Waals surface area contributed by atoms with Gasteiger partial charge in [0.05, 0.1) is 11.5 Å². The Balaban J connectivity index is 2.44. The van der Waals surface area contributed by atoms with E-state index in [1.165, 1.54) is 0 Å². The Morgan fingerprint density at radius 2 is 1.85 bits per heavy atom. The summed E-state index contributed by atoms with van der Waals surface area (Å²) in [4.78, 5) is 22.6. The molecule has 20 heavy (non-hydrogen) atoms. The van der Waals surface area contributed by atoms with Crippen LogP contribution in [-0.2, 0) is 11.2 Å². The predicted molar refractivity (Wildman–Crippen MR) is 77.5 cm³/mol. The zero-order chi connectivity index (χ0) is 15.1. The molecule has 1 amide bonds. The lowest BCUT2D eigenvalue weighted by Gasteiger charge is -2.18. The van der Waals surface area contributed by atoms with Gasteiger partial charge in [0.25, 0.3) is 0 Å². The van der Waals surface area contributed by atoms with E-state index in [0.29, 0.717) is 19.5 Å². The number of carboxylic acids is 1. The van der Waals surface area contributed by atoms with E-state index >= 15 is 0 Å². The molecule has 1 aromatic carbocycles. The van der Waals surface area contributed by atoms with Gasteiger partial charge in [0.2, 0.25) is 5.91 Å². The summed E-state index contributed by atoms with van der Waals surface area (Å²) in [5.74, 6) is -0.906. The average Bonchev–Trinajstić information content (AvgIpc) is 2.39. The van der Waals surface area contributed by atoms with Crippen molar-refractivity contribution in [3.8, 4) is 0 Å². The Hall–Kier alpha value is -1.88. The highest BCUT2D eigenvalue weighted by atomic mass is 16.4. The van der Waals surface area contributed by atoms with Gasteiger partial charge in [-0.1, -0.05) is 26.0 Å². The van der Waals surface area contributed by atoms with E-state index in [2.05, 4.69) is 5.32 Å². The Morgan fingerprint density at radius 1 is 1.25 bits per heavy atom. The van der Waals surface area contributed by atoms with Crippen molar-refractivity contribution >= 4 is 11.9 Å². The first kappa shape index (κ1) is 16.2. The lowest BCUT2D eigenvalue weighted by molar-refractivity contribution is -0.125. The van der Waals surface area contributed by atoms with Gasteiger partial charge in [0.15, 0.2) is 0 Å². The largest absolute Gasteiger partial charge is 0.478 e. The van der Waals surface area contributed by atoms with Gasteiger partial charge in [-0.05, 0) is 30.0 Å². The topological polar surface area (TPSA) is 92.4 Å². The van der Waals surface area contributed by atoms with E-state index in [0.717, 1.165) is 5.56 Å². The first-order valence-electron chi connectivity index (χ1n) is 6.75. The van der Waals surface area contributed by atoms with Crippen molar-refractivity contribution in [3.05, 3.63) is 35.4 Å². The molecule has 1 unspecified atom stereocenters. The number of aromatic carboxylic acids is 1. The van der Waals surface area contributed by atoms with Crippen LogP contribution in [0.1, 0.15) is 29.8 Å². The molecular weight excluding hydrogens is 256 g/mol. The Labute approximate surface area is 119 Å². The predicted octanol–water partition coefficient (Wildman–Crippen LogP) is 1.27. The van der Waals surface area contributed by atoms with E-state index < -0.39 is 5.97 Å². The van der Waals surface area contributed by atoms with Crippen LogP contribution in [0.25, 0.3) is 0 Å². The zero-order valence-corrected chi connectivity index (χ0v) is 11.9. The number of hydrogen-bond acceptors (Lipinski definition) is 3. The summed E-state index contributed by atoms with van der Waals surface area (Å²) < 4.78 is 0. The first-order valence-corrected chi connectivity index (χ1v) is 6.75. The molecule has 1 aromatic rings. The zero-order valence-electron chi connectivity index (χ0n) is 11.9. The maximum Gasteiger partial charge on any atom is 0.335 e. The summed E-state index contributed by atoms with van der Waals surface area (Å²) in [5.41, 5.74) is 6.84. The van der Waals surface area contributed by atoms with Crippen LogP contribution >= 0.6 is 0 Å². The molecule has 1 atom stereocenters. The van der Waals surface area contributed by atoms with Gasteiger partial charge < -0.3 is 16.2 Å². The minimum atomic E-state index is -0.937. The summed E-state index contributed by atoms with van der Waals surface area (Å²) in [7, 11) is 0. The molecule has 0 saturated carbocycles. The number of amides is 1. The molecule has 4 N–H and O–H groups in total. The molecule has 0 fully saturated rings. The van der Waals surface area contributed by atoms with E-state index in [9.17, 15) is 9.59 Å². The fraction of sp³-hybridized carbons (Fsp3) is 0.467. The van der Waals surface area contributed by atoms with Crippen molar-refractivity contribution in [1.82, 2.24) is 5.32 Å². The van der Waals surface area contributed by atoms with Crippen molar-refractivity contribution in [2.75, 3.05) is 13.1 Å². The fourth-order valence-electron chi connectivity index (χ4n) is 1.96. The van der Waals surface area contributed by atoms with Gasteiger partial charge >= 0.3 is 5.97 Å². The second-order valence-electron chi connectivity index (χ2n) is 5.13. The monoisotopic (exact) mass is 278 g/mol. The van der Waals surface area contributed by atoms with E-state index in [1.807, 2.05) is 13.8 Å². The van der Waals surface area contributed by atoms with Crippen LogP contribution in [0.4, 0.5) is 0 Å². The lowest BCUT2D eigenvalue weighted by atomic mass is 9.95. The van der Waals surface area contributed by atoms with Crippen LogP contribution in [0, 0.1) is 11.8 Å². The number of carbonyl (C=O) groups excluding carboxylic acids is 1. The number of carboxylic acid groups (broad SMARTS) is 1. The van der Waals surface area contributed by atoms with E-state index in [1.54, 1.807) is 24.3 Å². The van der Waals surface area contributed by atoms with Gasteiger partial charge in [-0.15, -0.1) is 0 Å². The smallest absolute Gasteiger partial charge is 0.335 e. The van der Waals surface area contributed by atoms with Crippen LogP contribution < -0.4 is 11.1 Å². The molecule has 5 nitrogen and oxygen atoms in total. The van der Waals surface area contributed by atoms with Crippen LogP contribution in [0.15, 0.2) is 24.3 Å². The van der Waals surface area contributed by atoms with Crippen molar-refractivity contribution in [2.45, 2.75) is 20.3 Å². The van der Waals surface area contributed by atoms with Gasteiger partial charge in [-0.3, -0.25) is 4.79 Å². The van der Waals surface area contributed by atoms with Crippen LogP contribution in [0.2, 0.25) is 0 Å². The number of rotatable bonds is 7. The van der Waals surface area contributed by atoms with Gasteiger partial charge in [-0.25, -0.2) is 4.79 Å². The molecule has 0 heterocycles. The van der Waals surface area contributed by atoms with E-state index in [4.69, 9.17) is 10.8 Å². The number of carbonyl (C=O) groups is 2. The third kappa shape index (κ3) is 4.66. The second-order valence-corrected chi connectivity index (χ2v) is 5.13. The lowest BCUT2D eigenvalue weighted by Crippen LogP contribution is -2.38. The molecule has 0 bridgehead atoms. The second kappa shape index (κ2) is 7.65. The quantitative estimate of drug-likeness (QED) is 0.700. The molecular formula is C15H22N2O3. The minimum Gasteiger partial charge on any atom is -0.478 e. The Kier molecular flexibility index (Phi) is 6.18. The highest BCUT2D eigenvalue weighted by molar-refractivity contribution is 5.87. The highest BCUT2D eigenvalue weighted by Crippen LogP contribution is 2.09. The van der Waals surface area contributed by atoms with Crippen molar-refractivity contribution < 1.29 is 14.7 Å². The third-order valence-corrected chi connectivity index (χ3v) is 3.31. The molecule has 0 aliphatic rings. The van der Waals surface area contributed by atoms with Gasteiger partial charge in [0.1, 0.15) is 0 Å². The van der Waals surface area contributed by atoms with Crippen molar-refractivity contribution in [2.24, 2.45) is 17.6 Å². The number of nitrogens with one attached hydrogen (secondary N) is 1. The summed E-state index contributed by atoms with van der Waals surface area (Å²) in [6, 6.07) is 6.66. The summed E-state index contributed by atoms with van der Waals surface area (Å²) in [5, 5.41) is 11.7. The summed E-state index contributed by atoms with van der Waals surface area (Å²) in [6.45, 7) is 4.81. The van der Waals surface area contributed by atoms with Crippen molar-refractivity contribution in [1.29, 1.82) is 0 Å². The standard InChI is InChI=1S/C15H22N2O3/c1-10(2)13(9-16)14(18)17-8-7-11-3-5-12(6-4-11)15(19)20/h3-6,10,13H,7-9,16H2,1-2H3,(H,17,18)(H,19,20). The van der Waals surface area contributed by atoms with E-state index in [-0.39, 0.29) is 23.3 Å². The van der Waals surface area contributed by atoms with Crippen LogP contribution in [0.5, 0.6) is 0 Å². The molecule has 0 aliphatic heterocycles. The van der Waals surface area contributed by atoms with Crippen LogP contribution in [-0.4, -0.2) is 30.1 Å². The SMILES string of the molecule is CC(C)C(CN)C(=O)NCCc1ccc(C(=O)O)cc1.